The first-order valence-corrected chi connectivity index (χ1v) is 11.8. The SMILES string of the molecule is Cc1noc(-c2ccc(CNCCc3ccccn3)cc2)c1NC(=O)OC(C)c1ccccc1Cl. The van der Waals surface area contributed by atoms with Crippen LogP contribution < -0.4 is 10.6 Å². The molecule has 2 heterocycles. The van der Waals surface area contributed by atoms with Crippen molar-refractivity contribution >= 4 is 23.4 Å². The average molecular weight is 491 g/mol. The number of rotatable bonds is 9. The van der Waals surface area contributed by atoms with E-state index in [9.17, 15) is 4.79 Å². The smallest absolute Gasteiger partial charge is 0.412 e. The van der Waals surface area contributed by atoms with E-state index in [1.54, 1.807) is 19.9 Å². The van der Waals surface area contributed by atoms with Gasteiger partial charge in [0.05, 0.1) is 0 Å². The van der Waals surface area contributed by atoms with Crippen LogP contribution in [0, 0.1) is 6.92 Å². The van der Waals surface area contributed by atoms with Crippen LogP contribution in [0.4, 0.5) is 10.5 Å². The molecule has 0 aliphatic rings. The average Bonchev–Trinajstić information content (AvgIpc) is 3.22. The van der Waals surface area contributed by atoms with Gasteiger partial charge in [-0.25, -0.2) is 4.79 Å². The number of hydrogen-bond acceptors (Lipinski definition) is 6. The highest BCUT2D eigenvalue weighted by Gasteiger charge is 2.20. The maximum absolute atomic E-state index is 12.6. The molecule has 1 atom stereocenters. The summed E-state index contributed by atoms with van der Waals surface area (Å²) < 4.78 is 11.0. The Hall–Kier alpha value is -3.68. The van der Waals surface area contributed by atoms with Gasteiger partial charge in [-0.1, -0.05) is 65.3 Å². The Morgan fingerprint density at radius 2 is 1.86 bits per heavy atom. The lowest BCUT2D eigenvalue weighted by molar-refractivity contribution is 0.121. The highest BCUT2D eigenvalue weighted by molar-refractivity contribution is 6.31. The molecular formula is C27H27ClN4O3. The second-order valence-electron chi connectivity index (χ2n) is 8.11. The number of aryl methyl sites for hydroxylation is 1. The third-order valence-corrected chi connectivity index (χ3v) is 5.89. The molecule has 8 heteroatoms. The van der Waals surface area contributed by atoms with E-state index in [4.69, 9.17) is 20.9 Å². The Morgan fingerprint density at radius 3 is 2.60 bits per heavy atom. The van der Waals surface area contributed by atoms with Gasteiger partial charge < -0.3 is 14.6 Å². The number of amides is 1. The fraction of sp³-hybridized carbons (Fsp3) is 0.222. The number of hydrogen-bond donors (Lipinski definition) is 2. The fourth-order valence-corrected chi connectivity index (χ4v) is 3.93. The molecule has 0 radical (unpaired) electrons. The van der Waals surface area contributed by atoms with Crippen LogP contribution in [0.2, 0.25) is 5.02 Å². The summed E-state index contributed by atoms with van der Waals surface area (Å²) in [6, 6.07) is 21.1. The van der Waals surface area contributed by atoms with E-state index >= 15 is 0 Å². The zero-order chi connectivity index (χ0) is 24.6. The largest absolute Gasteiger partial charge is 0.441 e. The summed E-state index contributed by atoms with van der Waals surface area (Å²) in [5.41, 5.74) is 4.77. The number of anilines is 1. The predicted molar refractivity (Wildman–Crippen MR) is 136 cm³/mol. The number of carbonyl (C=O) groups excluding carboxylic acids is 1. The van der Waals surface area contributed by atoms with Gasteiger partial charge >= 0.3 is 6.09 Å². The number of carbonyl (C=O) groups is 1. The van der Waals surface area contributed by atoms with Gasteiger partial charge in [0.2, 0.25) is 0 Å². The number of nitrogens with zero attached hydrogens (tertiary/aromatic N) is 2. The molecule has 35 heavy (non-hydrogen) atoms. The minimum Gasteiger partial charge on any atom is -0.441 e. The van der Waals surface area contributed by atoms with Crippen molar-refractivity contribution in [1.82, 2.24) is 15.5 Å². The second kappa shape index (κ2) is 11.6. The molecule has 0 spiro atoms. The first-order chi connectivity index (χ1) is 17.0. The van der Waals surface area contributed by atoms with Crippen LogP contribution in [-0.2, 0) is 17.7 Å². The maximum Gasteiger partial charge on any atom is 0.412 e. The van der Waals surface area contributed by atoms with E-state index in [-0.39, 0.29) is 0 Å². The third kappa shape index (κ3) is 6.47. The lowest BCUT2D eigenvalue weighted by atomic mass is 10.1. The molecule has 4 rings (SSSR count). The number of halogens is 1. The van der Waals surface area contributed by atoms with Crippen molar-refractivity contribution in [2.45, 2.75) is 32.9 Å². The Balaban J connectivity index is 1.35. The molecule has 2 aromatic carbocycles. The molecule has 0 aliphatic carbocycles. The number of nitrogens with one attached hydrogen (secondary N) is 2. The third-order valence-electron chi connectivity index (χ3n) is 5.55. The molecular weight excluding hydrogens is 464 g/mol. The summed E-state index contributed by atoms with van der Waals surface area (Å²) in [6.07, 6.45) is 1.55. The van der Waals surface area contributed by atoms with Crippen molar-refractivity contribution in [3.8, 4) is 11.3 Å². The number of benzene rings is 2. The van der Waals surface area contributed by atoms with E-state index in [0.29, 0.717) is 22.2 Å². The van der Waals surface area contributed by atoms with Gasteiger partial charge in [-0.05, 0) is 37.6 Å². The van der Waals surface area contributed by atoms with E-state index < -0.39 is 12.2 Å². The second-order valence-corrected chi connectivity index (χ2v) is 8.52. The van der Waals surface area contributed by atoms with E-state index in [2.05, 4.69) is 20.8 Å². The van der Waals surface area contributed by atoms with Crippen molar-refractivity contribution in [2.75, 3.05) is 11.9 Å². The zero-order valence-electron chi connectivity index (χ0n) is 19.6. The van der Waals surface area contributed by atoms with Gasteiger partial charge in [0.15, 0.2) is 5.76 Å². The number of aromatic nitrogens is 2. The first-order valence-electron chi connectivity index (χ1n) is 11.4. The lowest BCUT2D eigenvalue weighted by Crippen LogP contribution is -2.17. The topological polar surface area (TPSA) is 89.3 Å². The molecule has 7 nitrogen and oxygen atoms in total. The number of pyridine rings is 1. The molecule has 2 N–H and O–H groups in total. The molecule has 180 valence electrons. The van der Waals surface area contributed by atoms with Gasteiger partial charge in [-0.2, -0.15) is 0 Å². The summed E-state index contributed by atoms with van der Waals surface area (Å²) in [5.74, 6) is 0.472. The van der Waals surface area contributed by atoms with Crippen molar-refractivity contribution in [1.29, 1.82) is 0 Å². The summed E-state index contributed by atoms with van der Waals surface area (Å²) in [5, 5.41) is 10.8. The van der Waals surface area contributed by atoms with Crippen LogP contribution in [0.3, 0.4) is 0 Å². The van der Waals surface area contributed by atoms with E-state index in [1.165, 1.54) is 0 Å². The first kappa shape index (κ1) is 24.4. The normalized spacial score (nSPS) is 11.7. The van der Waals surface area contributed by atoms with E-state index in [0.717, 1.165) is 41.9 Å². The molecule has 0 bridgehead atoms. The molecule has 0 aliphatic heterocycles. The van der Waals surface area contributed by atoms with Crippen LogP contribution in [0.25, 0.3) is 11.3 Å². The van der Waals surface area contributed by atoms with Crippen LogP contribution in [0.15, 0.2) is 77.4 Å². The fourth-order valence-electron chi connectivity index (χ4n) is 3.64. The summed E-state index contributed by atoms with van der Waals surface area (Å²) >= 11 is 6.21. The molecule has 1 amide bonds. The van der Waals surface area contributed by atoms with Crippen molar-refractivity contribution in [3.63, 3.8) is 0 Å². The Labute approximate surface area is 209 Å². The zero-order valence-corrected chi connectivity index (χ0v) is 20.4. The Kier molecular flexibility index (Phi) is 8.13. The Morgan fingerprint density at radius 1 is 1.09 bits per heavy atom. The van der Waals surface area contributed by atoms with Gasteiger partial charge in [0.25, 0.3) is 0 Å². The maximum atomic E-state index is 12.6. The van der Waals surface area contributed by atoms with Crippen molar-refractivity contribution in [2.24, 2.45) is 0 Å². The standard InChI is InChI=1S/C27H27ClN4O3/c1-18-25(31-27(33)34-19(2)23-8-3-4-9-24(23)28)26(35-32-18)21-12-10-20(11-13-21)17-29-16-14-22-7-5-6-15-30-22/h3-13,15,19,29H,14,16-17H2,1-2H3,(H,31,33). The molecule has 2 aromatic heterocycles. The summed E-state index contributed by atoms with van der Waals surface area (Å²) in [4.78, 5) is 16.9. The molecule has 0 fully saturated rings. The quantitative estimate of drug-likeness (QED) is 0.266. The van der Waals surface area contributed by atoms with Gasteiger partial charge in [0.1, 0.15) is 17.5 Å². The van der Waals surface area contributed by atoms with Crippen molar-refractivity contribution < 1.29 is 14.1 Å². The molecule has 1 unspecified atom stereocenters. The van der Waals surface area contributed by atoms with E-state index in [1.807, 2.05) is 66.9 Å². The predicted octanol–water partition coefficient (Wildman–Crippen LogP) is 6.34. The van der Waals surface area contributed by atoms with Crippen LogP contribution in [0.1, 0.15) is 35.5 Å². The van der Waals surface area contributed by atoms with Gasteiger partial charge in [-0.3, -0.25) is 10.3 Å². The molecule has 0 saturated carbocycles. The van der Waals surface area contributed by atoms with Gasteiger partial charge in [-0.15, -0.1) is 0 Å². The van der Waals surface area contributed by atoms with Crippen LogP contribution in [-0.4, -0.2) is 22.8 Å². The van der Waals surface area contributed by atoms with Crippen LogP contribution >= 0.6 is 11.6 Å². The van der Waals surface area contributed by atoms with Crippen LogP contribution in [0.5, 0.6) is 0 Å². The molecule has 4 aromatic rings. The highest BCUT2D eigenvalue weighted by atomic mass is 35.5. The summed E-state index contributed by atoms with van der Waals surface area (Å²) in [7, 11) is 0. The van der Waals surface area contributed by atoms with Crippen molar-refractivity contribution in [3.05, 3.63) is 100 Å². The molecule has 0 saturated heterocycles. The minimum atomic E-state index is -0.612. The number of ether oxygens (including phenoxy) is 1. The monoisotopic (exact) mass is 490 g/mol. The minimum absolute atomic E-state index is 0.472. The Bertz CT molecular complexity index is 1260. The van der Waals surface area contributed by atoms with Gasteiger partial charge in [0, 0.05) is 47.6 Å². The lowest BCUT2D eigenvalue weighted by Gasteiger charge is -2.15. The highest BCUT2D eigenvalue weighted by Crippen LogP contribution is 2.32. The summed E-state index contributed by atoms with van der Waals surface area (Å²) in [6.45, 7) is 5.11.